The lowest BCUT2D eigenvalue weighted by atomic mass is 9.93. The van der Waals surface area contributed by atoms with Crippen LogP contribution in [0.15, 0.2) is 5.29 Å². The first kappa shape index (κ1) is 16.7. The van der Waals surface area contributed by atoms with Crippen LogP contribution in [0.1, 0.15) is 6.92 Å². The van der Waals surface area contributed by atoms with Crippen LogP contribution in [0, 0.1) is 4.91 Å². The Morgan fingerprint density at radius 3 is 2.50 bits per heavy atom. The van der Waals surface area contributed by atoms with E-state index in [1.807, 2.05) is 0 Å². The Hall–Kier alpha value is -1.37. The molecule has 0 saturated carbocycles. The zero-order valence-electron chi connectivity index (χ0n) is 10.6. The van der Waals surface area contributed by atoms with Crippen molar-refractivity contribution in [3.8, 4) is 0 Å². The highest BCUT2D eigenvalue weighted by Gasteiger charge is 2.55. The normalized spacial score (nSPS) is 37.3. The maximum Gasteiger partial charge on any atom is 0.342 e. The van der Waals surface area contributed by atoms with Gasteiger partial charge in [-0.05, 0) is 6.92 Å². The van der Waals surface area contributed by atoms with Gasteiger partial charge in [0.25, 0.3) is 0 Å². The van der Waals surface area contributed by atoms with Crippen LogP contribution >= 0.6 is 0 Å². The number of aliphatic hydroxyl groups excluding tert-OH is 4. The van der Waals surface area contributed by atoms with E-state index in [0.29, 0.717) is 5.01 Å². The lowest BCUT2D eigenvalue weighted by Gasteiger charge is -2.45. The van der Waals surface area contributed by atoms with Gasteiger partial charge in [0, 0.05) is 6.54 Å². The molecule has 1 fully saturated rings. The van der Waals surface area contributed by atoms with Gasteiger partial charge in [-0.15, -0.1) is 4.91 Å². The maximum atomic E-state index is 11.6. The molecule has 1 aliphatic heterocycles. The number of urea groups is 1. The molecule has 11 heteroatoms. The average Bonchev–Trinajstić information content (AvgIpc) is 2.42. The minimum Gasteiger partial charge on any atom is -0.394 e. The molecule has 1 aliphatic rings. The summed E-state index contributed by atoms with van der Waals surface area (Å²) in [5.41, 5.74) is -2.76. The highest BCUT2D eigenvalue weighted by atomic mass is 16.6. The summed E-state index contributed by atoms with van der Waals surface area (Å²) in [6, 6.07) is -1.21. The SMILES string of the molecule is CCN(N=O)C(=O)N[C@]1(O)C(O)O[C@H](CO)[C@@H](O)[C@@H]1O. The first-order valence-electron chi connectivity index (χ1n) is 5.77. The fraction of sp³-hybridized carbons (Fsp3) is 0.889. The monoisotopic (exact) mass is 295 g/mol. The van der Waals surface area contributed by atoms with E-state index < -0.39 is 43.0 Å². The van der Waals surface area contributed by atoms with Crippen LogP contribution < -0.4 is 5.32 Å². The Balaban J connectivity index is 2.90. The molecule has 11 nitrogen and oxygen atoms in total. The number of hydrogen-bond donors (Lipinski definition) is 6. The Kier molecular flexibility index (Phi) is 5.33. The third kappa shape index (κ3) is 2.87. The molecule has 2 amide bonds. The first-order valence-corrected chi connectivity index (χ1v) is 5.77. The molecule has 0 aromatic rings. The van der Waals surface area contributed by atoms with E-state index in [0.717, 1.165) is 0 Å². The number of nitroso groups, excluding NO2 is 1. The molecular weight excluding hydrogens is 278 g/mol. The van der Waals surface area contributed by atoms with Crippen LogP contribution in [0.3, 0.4) is 0 Å². The molecule has 1 rings (SSSR count). The number of hydrogen-bond acceptors (Lipinski definition) is 9. The van der Waals surface area contributed by atoms with Crippen LogP contribution in [-0.4, -0.2) is 80.1 Å². The topological polar surface area (TPSA) is 172 Å². The van der Waals surface area contributed by atoms with Gasteiger partial charge >= 0.3 is 6.03 Å². The Labute approximate surface area is 113 Å². The quantitative estimate of drug-likeness (QED) is 0.179. The molecule has 20 heavy (non-hydrogen) atoms. The number of carbonyl (C=O) groups is 1. The summed E-state index contributed by atoms with van der Waals surface area (Å²) in [4.78, 5) is 21.9. The molecule has 0 bridgehead atoms. The van der Waals surface area contributed by atoms with Crippen molar-refractivity contribution < 1.29 is 35.1 Å². The first-order chi connectivity index (χ1) is 9.31. The van der Waals surface area contributed by atoms with Gasteiger partial charge in [-0.3, -0.25) is 0 Å². The minimum atomic E-state index is -2.76. The largest absolute Gasteiger partial charge is 0.394 e. The van der Waals surface area contributed by atoms with Crippen molar-refractivity contribution in [3.63, 3.8) is 0 Å². The second-order valence-electron chi connectivity index (χ2n) is 4.20. The van der Waals surface area contributed by atoms with Crippen LogP contribution in [0.25, 0.3) is 0 Å². The highest BCUT2D eigenvalue weighted by Crippen LogP contribution is 2.27. The van der Waals surface area contributed by atoms with Crippen molar-refractivity contribution in [1.82, 2.24) is 10.3 Å². The Morgan fingerprint density at radius 1 is 1.45 bits per heavy atom. The zero-order valence-corrected chi connectivity index (χ0v) is 10.6. The molecular formula is C9H17N3O8. The Bertz CT molecular complexity index is 369. The lowest BCUT2D eigenvalue weighted by molar-refractivity contribution is -0.335. The smallest absolute Gasteiger partial charge is 0.342 e. The molecule has 0 aromatic heterocycles. The Morgan fingerprint density at radius 2 is 2.05 bits per heavy atom. The van der Waals surface area contributed by atoms with Gasteiger partial charge in [0.1, 0.15) is 18.3 Å². The molecule has 0 radical (unpaired) electrons. The number of nitrogens with zero attached hydrogens (tertiary/aromatic N) is 2. The third-order valence-electron chi connectivity index (χ3n) is 2.96. The molecule has 6 N–H and O–H groups in total. The van der Waals surface area contributed by atoms with Gasteiger partial charge in [0.05, 0.1) is 11.9 Å². The van der Waals surface area contributed by atoms with Crippen LogP contribution in [0.2, 0.25) is 0 Å². The summed E-state index contributed by atoms with van der Waals surface area (Å²) < 4.78 is 4.69. The number of aliphatic hydroxyl groups is 5. The van der Waals surface area contributed by atoms with E-state index in [1.54, 1.807) is 5.32 Å². The van der Waals surface area contributed by atoms with Crippen LogP contribution in [0.5, 0.6) is 0 Å². The van der Waals surface area contributed by atoms with Crippen molar-refractivity contribution in [3.05, 3.63) is 4.91 Å². The predicted octanol–water partition coefficient (Wildman–Crippen LogP) is -3.18. The number of carbonyl (C=O) groups excluding carboxylic acids is 1. The molecule has 5 atom stereocenters. The molecule has 1 unspecified atom stereocenters. The molecule has 116 valence electrons. The highest BCUT2D eigenvalue weighted by molar-refractivity contribution is 5.74. The predicted molar refractivity (Wildman–Crippen MR) is 61.6 cm³/mol. The average molecular weight is 295 g/mol. The van der Waals surface area contributed by atoms with E-state index in [2.05, 4.69) is 10.0 Å². The van der Waals surface area contributed by atoms with E-state index in [4.69, 9.17) is 5.11 Å². The summed E-state index contributed by atoms with van der Waals surface area (Å²) in [5.74, 6) is 0. The summed E-state index contributed by atoms with van der Waals surface area (Å²) in [5, 5.41) is 52.3. The zero-order chi connectivity index (χ0) is 15.5. The number of ether oxygens (including phenoxy) is 1. The van der Waals surface area contributed by atoms with Gasteiger partial charge in [-0.2, -0.15) is 5.01 Å². The summed E-state index contributed by atoms with van der Waals surface area (Å²) in [6.45, 7) is 0.572. The summed E-state index contributed by atoms with van der Waals surface area (Å²) >= 11 is 0. The van der Waals surface area contributed by atoms with E-state index >= 15 is 0 Å². The van der Waals surface area contributed by atoms with Crippen molar-refractivity contribution in [2.24, 2.45) is 5.29 Å². The van der Waals surface area contributed by atoms with E-state index in [1.165, 1.54) is 6.92 Å². The molecule has 0 aromatic carbocycles. The fourth-order valence-corrected chi connectivity index (χ4v) is 1.72. The summed E-state index contributed by atoms with van der Waals surface area (Å²) in [7, 11) is 0. The fourth-order valence-electron chi connectivity index (χ4n) is 1.72. The molecule has 0 spiro atoms. The second kappa shape index (κ2) is 6.39. The lowest BCUT2D eigenvalue weighted by Crippen LogP contribution is -2.74. The van der Waals surface area contributed by atoms with Gasteiger partial charge in [0.2, 0.25) is 12.0 Å². The number of nitrogens with one attached hydrogen (secondary N) is 1. The van der Waals surface area contributed by atoms with Gasteiger partial charge in [-0.1, -0.05) is 0 Å². The molecule has 0 aliphatic carbocycles. The van der Waals surface area contributed by atoms with Gasteiger partial charge in [0.15, 0.2) is 0 Å². The summed E-state index contributed by atoms with van der Waals surface area (Å²) in [6.07, 6.45) is -7.30. The number of amides is 2. The third-order valence-corrected chi connectivity index (χ3v) is 2.96. The van der Waals surface area contributed by atoms with Crippen molar-refractivity contribution >= 4 is 6.03 Å². The second-order valence-corrected chi connectivity index (χ2v) is 4.20. The van der Waals surface area contributed by atoms with Crippen LogP contribution in [-0.2, 0) is 4.74 Å². The number of rotatable bonds is 4. The minimum absolute atomic E-state index is 0.125. The van der Waals surface area contributed by atoms with Crippen molar-refractivity contribution in [2.45, 2.75) is 37.3 Å². The van der Waals surface area contributed by atoms with Crippen molar-refractivity contribution in [1.29, 1.82) is 0 Å². The van der Waals surface area contributed by atoms with Crippen molar-refractivity contribution in [2.75, 3.05) is 13.2 Å². The van der Waals surface area contributed by atoms with Gasteiger partial charge in [-0.25, -0.2) is 4.79 Å². The molecule has 1 saturated heterocycles. The standard InChI is InChI=1S/C9H17N3O8/c1-2-12(11-19)8(17)10-9(18)6(15)5(14)4(3-13)20-7(9)16/h4-7,13-16,18H,2-3H2,1H3,(H,10,17)/t4-,5-,6+,7?,9-/m1/s1. The van der Waals surface area contributed by atoms with E-state index in [9.17, 15) is 30.1 Å². The van der Waals surface area contributed by atoms with E-state index in [-0.39, 0.29) is 6.54 Å². The van der Waals surface area contributed by atoms with Gasteiger partial charge < -0.3 is 35.6 Å². The maximum absolute atomic E-state index is 11.6. The molecule has 1 heterocycles. The van der Waals surface area contributed by atoms with Crippen LogP contribution in [0.4, 0.5) is 4.79 Å².